The maximum atomic E-state index is 12.9. The van der Waals surface area contributed by atoms with Gasteiger partial charge in [0.25, 0.3) is 0 Å². The third kappa shape index (κ3) is 3.94. The van der Waals surface area contributed by atoms with Crippen LogP contribution in [0.5, 0.6) is 5.75 Å². The Kier molecular flexibility index (Phi) is 5.47. The van der Waals surface area contributed by atoms with E-state index in [1.807, 2.05) is 42.5 Å². The van der Waals surface area contributed by atoms with Gasteiger partial charge in [-0.2, -0.15) is 0 Å². The summed E-state index contributed by atoms with van der Waals surface area (Å²) in [5.74, 6) is 1.24. The van der Waals surface area contributed by atoms with Crippen LogP contribution in [0.2, 0.25) is 0 Å². The molecule has 1 aliphatic rings. The number of carbonyl (C=O) groups excluding carboxylic acids is 1. The highest BCUT2D eigenvalue weighted by atomic mass is 16.5. The molecule has 1 atom stereocenters. The Bertz CT molecular complexity index is 649. The first-order valence-corrected chi connectivity index (χ1v) is 8.59. The van der Waals surface area contributed by atoms with Crippen LogP contribution in [-0.4, -0.2) is 18.0 Å². The lowest BCUT2D eigenvalue weighted by atomic mass is 9.84. The third-order valence-electron chi connectivity index (χ3n) is 4.80. The normalized spacial score (nSPS) is 15.9. The minimum atomic E-state index is -0.0953. The summed E-state index contributed by atoms with van der Waals surface area (Å²) in [6.45, 7) is 0.471. The number of pyridine rings is 1. The zero-order valence-corrected chi connectivity index (χ0v) is 14.1. The van der Waals surface area contributed by atoms with Gasteiger partial charge in [0.15, 0.2) is 0 Å². The van der Waals surface area contributed by atoms with E-state index in [4.69, 9.17) is 4.74 Å². The summed E-state index contributed by atoms with van der Waals surface area (Å²) < 4.78 is 5.23. The van der Waals surface area contributed by atoms with E-state index < -0.39 is 0 Å². The highest BCUT2D eigenvalue weighted by molar-refractivity contribution is 5.84. The first kappa shape index (κ1) is 16.5. The molecule has 126 valence electrons. The van der Waals surface area contributed by atoms with Crippen molar-refractivity contribution in [3.63, 3.8) is 0 Å². The number of amides is 1. The molecule has 3 rings (SSSR count). The van der Waals surface area contributed by atoms with Gasteiger partial charge in [0.1, 0.15) is 5.75 Å². The predicted molar refractivity (Wildman–Crippen MR) is 93.8 cm³/mol. The van der Waals surface area contributed by atoms with Crippen molar-refractivity contribution in [1.82, 2.24) is 10.3 Å². The standard InChI is InChI=1S/C20H24N2O2/c1-24-18-11-9-16(10-12-18)19(15-6-2-3-7-15)20(23)22-14-17-8-4-5-13-21-17/h4-5,8-13,15,19H,2-3,6-7,14H2,1H3,(H,22,23). The Balaban J connectivity index is 1.74. The zero-order chi connectivity index (χ0) is 16.8. The smallest absolute Gasteiger partial charge is 0.228 e. The first-order chi connectivity index (χ1) is 11.8. The van der Waals surface area contributed by atoms with Crippen molar-refractivity contribution < 1.29 is 9.53 Å². The maximum absolute atomic E-state index is 12.9. The van der Waals surface area contributed by atoms with Crippen molar-refractivity contribution in [2.24, 2.45) is 5.92 Å². The number of aromatic nitrogens is 1. The van der Waals surface area contributed by atoms with Crippen LogP contribution in [0.3, 0.4) is 0 Å². The van der Waals surface area contributed by atoms with E-state index in [2.05, 4.69) is 10.3 Å². The number of methoxy groups -OCH3 is 1. The van der Waals surface area contributed by atoms with Crippen molar-refractivity contribution in [1.29, 1.82) is 0 Å². The molecule has 1 amide bonds. The lowest BCUT2D eigenvalue weighted by Gasteiger charge is -2.23. The average Bonchev–Trinajstić information content (AvgIpc) is 3.16. The number of benzene rings is 1. The Morgan fingerprint density at radius 3 is 2.58 bits per heavy atom. The van der Waals surface area contributed by atoms with Crippen molar-refractivity contribution in [2.75, 3.05) is 7.11 Å². The van der Waals surface area contributed by atoms with Gasteiger partial charge in [0.05, 0.1) is 25.3 Å². The molecule has 1 N–H and O–H groups in total. The van der Waals surface area contributed by atoms with E-state index in [0.29, 0.717) is 12.5 Å². The number of nitrogens with zero attached hydrogens (tertiary/aromatic N) is 1. The molecule has 1 heterocycles. The number of hydrogen-bond donors (Lipinski definition) is 1. The van der Waals surface area contributed by atoms with Gasteiger partial charge in [-0.3, -0.25) is 9.78 Å². The van der Waals surface area contributed by atoms with Gasteiger partial charge in [0.2, 0.25) is 5.91 Å². The third-order valence-corrected chi connectivity index (χ3v) is 4.80. The molecule has 1 saturated carbocycles. The van der Waals surface area contributed by atoms with Crippen LogP contribution in [-0.2, 0) is 11.3 Å². The maximum Gasteiger partial charge on any atom is 0.228 e. The fourth-order valence-corrected chi connectivity index (χ4v) is 3.53. The Morgan fingerprint density at radius 1 is 1.21 bits per heavy atom. The lowest BCUT2D eigenvalue weighted by Crippen LogP contribution is -2.32. The topological polar surface area (TPSA) is 51.2 Å². The molecule has 1 aromatic carbocycles. The number of nitrogens with one attached hydrogen (secondary N) is 1. The van der Waals surface area contributed by atoms with E-state index >= 15 is 0 Å². The largest absolute Gasteiger partial charge is 0.497 e. The number of ether oxygens (including phenoxy) is 1. The van der Waals surface area contributed by atoms with Gasteiger partial charge in [-0.25, -0.2) is 0 Å². The van der Waals surface area contributed by atoms with Crippen LogP contribution in [0.4, 0.5) is 0 Å². The second-order valence-electron chi connectivity index (χ2n) is 6.33. The lowest BCUT2D eigenvalue weighted by molar-refractivity contribution is -0.123. The highest BCUT2D eigenvalue weighted by Crippen LogP contribution is 2.38. The zero-order valence-electron chi connectivity index (χ0n) is 14.1. The monoisotopic (exact) mass is 324 g/mol. The molecule has 1 aromatic heterocycles. The molecule has 4 heteroatoms. The van der Waals surface area contributed by atoms with Crippen molar-refractivity contribution >= 4 is 5.91 Å². The first-order valence-electron chi connectivity index (χ1n) is 8.59. The van der Waals surface area contributed by atoms with Gasteiger partial charge < -0.3 is 10.1 Å². The molecule has 0 saturated heterocycles. The molecule has 0 aliphatic heterocycles. The minimum absolute atomic E-state index is 0.0951. The molecule has 0 bridgehead atoms. The van der Waals surface area contributed by atoms with E-state index in [1.54, 1.807) is 13.3 Å². The fraction of sp³-hybridized carbons (Fsp3) is 0.400. The second-order valence-corrected chi connectivity index (χ2v) is 6.33. The molecule has 0 radical (unpaired) electrons. The molecule has 24 heavy (non-hydrogen) atoms. The summed E-state index contributed by atoms with van der Waals surface area (Å²) in [6, 6.07) is 13.6. The van der Waals surface area contributed by atoms with Crippen LogP contribution in [0.25, 0.3) is 0 Å². The van der Waals surface area contributed by atoms with Crippen LogP contribution in [0.15, 0.2) is 48.7 Å². The van der Waals surface area contributed by atoms with E-state index in [0.717, 1.165) is 29.8 Å². The fourth-order valence-electron chi connectivity index (χ4n) is 3.53. The van der Waals surface area contributed by atoms with Crippen molar-refractivity contribution in [3.8, 4) is 5.75 Å². The van der Waals surface area contributed by atoms with E-state index in [-0.39, 0.29) is 11.8 Å². The molecule has 4 nitrogen and oxygen atoms in total. The summed E-state index contributed by atoms with van der Waals surface area (Å²) in [5.41, 5.74) is 1.95. The molecule has 1 fully saturated rings. The van der Waals surface area contributed by atoms with Crippen LogP contribution in [0.1, 0.15) is 42.9 Å². The quantitative estimate of drug-likeness (QED) is 0.882. The summed E-state index contributed by atoms with van der Waals surface area (Å²) in [7, 11) is 1.66. The van der Waals surface area contributed by atoms with Crippen molar-refractivity contribution in [2.45, 2.75) is 38.1 Å². The van der Waals surface area contributed by atoms with Gasteiger partial charge in [0, 0.05) is 6.20 Å². The van der Waals surface area contributed by atoms with Crippen LogP contribution >= 0.6 is 0 Å². The predicted octanol–water partition coefficient (Wildman–Crippen LogP) is 3.68. The summed E-state index contributed by atoms with van der Waals surface area (Å²) in [4.78, 5) is 17.2. The SMILES string of the molecule is COc1ccc(C(C(=O)NCc2ccccn2)C2CCCC2)cc1. The summed E-state index contributed by atoms with van der Waals surface area (Å²) in [6.07, 6.45) is 6.41. The molecular formula is C20H24N2O2. The Morgan fingerprint density at radius 2 is 1.96 bits per heavy atom. The highest BCUT2D eigenvalue weighted by Gasteiger charge is 2.31. The molecule has 1 unspecified atom stereocenters. The summed E-state index contributed by atoms with van der Waals surface area (Å²) >= 11 is 0. The molecular weight excluding hydrogens is 300 g/mol. The number of hydrogen-bond acceptors (Lipinski definition) is 3. The minimum Gasteiger partial charge on any atom is -0.497 e. The summed E-state index contributed by atoms with van der Waals surface area (Å²) in [5, 5.41) is 3.07. The number of rotatable bonds is 6. The number of carbonyl (C=O) groups is 1. The van der Waals surface area contributed by atoms with Gasteiger partial charge >= 0.3 is 0 Å². The van der Waals surface area contributed by atoms with Gasteiger partial charge in [-0.1, -0.05) is 31.0 Å². The van der Waals surface area contributed by atoms with Gasteiger partial charge in [-0.05, 0) is 48.6 Å². The molecule has 2 aromatic rings. The molecule has 0 spiro atoms. The Hall–Kier alpha value is -2.36. The van der Waals surface area contributed by atoms with Crippen LogP contribution < -0.4 is 10.1 Å². The van der Waals surface area contributed by atoms with Crippen molar-refractivity contribution in [3.05, 3.63) is 59.9 Å². The molecule has 1 aliphatic carbocycles. The van der Waals surface area contributed by atoms with E-state index in [9.17, 15) is 4.79 Å². The van der Waals surface area contributed by atoms with Crippen LogP contribution in [0, 0.1) is 5.92 Å². The second kappa shape index (κ2) is 7.95. The average molecular weight is 324 g/mol. The van der Waals surface area contributed by atoms with Gasteiger partial charge in [-0.15, -0.1) is 0 Å². The van der Waals surface area contributed by atoms with E-state index in [1.165, 1.54) is 12.8 Å². The Labute approximate surface area is 143 Å².